The number of H-pyrrole nitrogens is 1. The highest BCUT2D eigenvalue weighted by molar-refractivity contribution is 5.71. The standard InChI is InChI=1S/C25H34N6O3/c1-4-7-20(25(32)33)21(24-28-30-31-29-24)16-18-10-12-19(13-11-18)22-8-6-9-23(27-22)34-17(3)14-15-26-5-2/h6,8-13,17,20-21,26H,4-5,7,14-16H2,1-3H3,(H,32,33)(H,28,29,30,31)/t17?,20-,21-/m0/s1. The smallest absolute Gasteiger partial charge is 0.307 e. The summed E-state index contributed by atoms with van der Waals surface area (Å²) in [4.78, 5) is 16.6. The highest BCUT2D eigenvalue weighted by Gasteiger charge is 2.32. The monoisotopic (exact) mass is 466 g/mol. The predicted octanol–water partition coefficient (Wildman–Crippen LogP) is 3.86. The van der Waals surface area contributed by atoms with E-state index in [0.29, 0.717) is 24.5 Å². The summed E-state index contributed by atoms with van der Waals surface area (Å²) in [6.45, 7) is 7.96. The fourth-order valence-corrected chi connectivity index (χ4v) is 4.00. The second-order valence-electron chi connectivity index (χ2n) is 8.44. The van der Waals surface area contributed by atoms with E-state index in [-0.39, 0.29) is 12.0 Å². The Hall–Kier alpha value is -3.33. The van der Waals surface area contributed by atoms with Crippen LogP contribution >= 0.6 is 0 Å². The molecule has 0 aliphatic rings. The van der Waals surface area contributed by atoms with Gasteiger partial charge in [-0.2, -0.15) is 5.21 Å². The van der Waals surface area contributed by atoms with Gasteiger partial charge in [0.25, 0.3) is 0 Å². The van der Waals surface area contributed by atoms with Crippen LogP contribution in [0.25, 0.3) is 11.3 Å². The quantitative estimate of drug-likeness (QED) is 0.306. The van der Waals surface area contributed by atoms with Crippen molar-refractivity contribution in [3.8, 4) is 17.1 Å². The third kappa shape index (κ3) is 7.08. The summed E-state index contributed by atoms with van der Waals surface area (Å²) in [6.07, 6.45) is 2.80. The molecule has 1 unspecified atom stereocenters. The number of carbonyl (C=O) groups is 1. The van der Waals surface area contributed by atoms with Crippen molar-refractivity contribution in [3.63, 3.8) is 0 Å². The van der Waals surface area contributed by atoms with E-state index in [2.05, 4.69) is 37.8 Å². The number of nitrogens with one attached hydrogen (secondary N) is 2. The average Bonchev–Trinajstić information content (AvgIpc) is 3.37. The second kappa shape index (κ2) is 12.8. The maximum atomic E-state index is 11.9. The van der Waals surface area contributed by atoms with E-state index in [1.54, 1.807) is 0 Å². The van der Waals surface area contributed by atoms with Gasteiger partial charge in [0.15, 0.2) is 5.82 Å². The Morgan fingerprint density at radius 1 is 1.15 bits per heavy atom. The zero-order valence-electron chi connectivity index (χ0n) is 20.1. The normalized spacial score (nSPS) is 13.9. The van der Waals surface area contributed by atoms with Crippen molar-refractivity contribution in [1.82, 2.24) is 30.9 Å². The lowest BCUT2D eigenvalue weighted by Gasteiger charge is -2.21. The highest BCUT2D eigenvalue weighted by Crippen LogP contribution is 2.30. The van der Waals surface area contributed by atoms with E-state index in [0.717, 1.165) is 42.8 Å². The van der Waals surface area contributed by atoms with Gasteiger partial charge in [0.1, 0.15) is 0 Å². The number of hydrogen-bond acceptors (Lipinski definition) is 7. The lowest BCUT2D eigenvalue weighted by molar-refractivity contribution is -0.142. The van der Waals surface area contributed by atoms with Gasteiger partial charge in [-0.25, -0.2) is 4.98 Å². The molecular formula is C25H34N6O3. The number of carboxylic acids is 1. The van der Waals surface area contributed by atoms with Crippen LogP contribution in [0, 0.1) is 5.92 Å². The van der Waals surface area contributed by atoms with Crippen LogP contribution in [0.2, 0.25) is 0 Å². The Morgan fingerprint density at radius 3 is 2.59 bits per heavy atom. The van der Waals surface area contributed by atoms with Crippen LogP contribution in [-0.2, 0) is 11.2 Å². The first-order valence-corrected chi connectivity index (χ1v) is 11.9. The van der Waals surface area contributed by atoms with E-state index in [4.69, 9.17) is 4.74 Å². The highest BCUT2D eigenvalue weighted by atomic mass is 16.5. The Balaban J connectivity index is 1.72. The van der Waals surface area contributed by atoms with Gasteiger partial charge in [0, 0.05) is 17.5 Å². The second-order valence-corrected chi connectivity index (χ2v) is 8.44. The zero-order valence-corrected chi connectivity index (χ0v) is 20.1. The first-order valence-electron chi connectivity index (χ1n) is 11.9. The Bertz CT molecular complexity index is 1010. The molecule has 0 saturated heterocycles. The molecule has 0 bridgehead atoms. The number of hydrogen-bond donors (Lipinski definition) is 3. The first kappa shape index (κ1) is 25.3. The molecule has 3 atom stereocenters. The van der Waals surface area contributed by atoms with Crippen molar-refractivity contribution in [2.24, 2.45) is 5.92 Å². The number of aliphatic carboxylic acids is 1. The summed E-state index contributed by atoms with van der Waals surface area (Å²) in [5, 5.41) is 27.3. The van der Waals surface area contributed by atoms with E-state index in [1.165, 1.54) is 0 Å². The fourth-order valence-electron chi connectivity index (χ4n) is 4.00. The minimum absolute atomic E-state index is 0.0663. The van der Waals surface area contributed by atoms with Crippen LogP contribution in [0.4, 0.5) is 0 Å². The van der Waals surface area contributed by atoms with Crippen molar-refractivity contribution >= 4 is 5.97 Å². The molecule has 0 aliphatic carbocycles. The molecule has 9 heteroatoms. The Kier molecular flexibility index (Phi) is 9.51. The van der Waals surface area contributed by atoms with Crippen LogP contribution in [0.5, 0.6) is 5.88 Å². The van der Waals surface area contributed by atoms with Crippen molar-refractivity contribution < 1.29 is 14.6 Å². The minimum atomic E-state index is -0.839. The van der Waals surface area contributed by atoms with E-state index in [9.17, 15) is 9.90 Å². The molecule has 0 fully saturated rings. The van der Waals surface area contributed by atoms with E-state index < -0.39 is 11.9 Å². The zero-order chi connectivity index (χ0) is 24.3. The number of ether oxygens (including phenoxy) is 1. The van der Waals surface area contributed by atoms with Gasteiger partial charge in [0.2, 0.25) is 5.88 Å². The summed E-state index contributed by atoms with van der Waals surface area (Å²) in [7, 11) is 0. The van der Waals surface area contributed by atoms with Crippen molar-refractivity contribution in [1.29, 1.82) is 0 Å². The molecule has 0 saturated carbocycles. The van der Waals surface area contributed by atoms with Gasteiger partial charge in [-0.3, -0.25) is 4.79 Å². The molecule has 0 radical (unpaired) electrons. The summed E-state index contributed by atoms with van der Waals surface area (Å²) < 4.78 is 5.98. The molecule has 0 aliphatic heterocycles. The molecule has 9 nitrogen and oxygen atoms in total. The summed E-state index contributed by atoms with van der Waals surface area (Å²) in [6, 6.07) is 13.8. The van der Waals surface area contributed by atoms with Crippen molar-refractivity contribution in [2.45, 2.75) is 58.5 Å². The summed E-state index contributed by atoms with van der Waals surface area (Å²) in [5.74, 6) is -0.742. The molecule has 1 aromatic carbocycles. The Labute approximate surface area is 200 Å². The predicted molar refractivity (Wildman–Crippen MR) is 130 cm³/mol. The molecule has 3 aromatic rings. The van der Waals surface area contributed by atoms with Crippen LogP contribution < -0.4 is 10.1 Å². The molecule has 0 amide bonds. The van der Waals surface area contributed by atoms with Crippen LogP contribution in [0.3, 0.4) is 0 Å². The maximum Gasteiger partial charge on any atom is 0.307 e. The molecule has 2 heterocycles. The molecule has 3 N–H and O–H groups in total. The lowest BCUT2D eigenvalue weighted by Crippen LogP contribution is -2.25. The molecule has 34 heavy (non-hydrogen) atoms. The van der Waals surface area contributed by atoms with E-state index >= 15 is 0 Å². The number of carboxylic acid groups (broad SMARTS) is 1. The number of benzene rings is 1. The summed E-state index contributed by atoms with van der Waals surface area (Å²) >= 11 is 0. The lowest BCUT2D eigenvalue weighted by atomic mass is 9.83. The van der Waals surface area contributed by atoms with E-state index in [1.807, 2.05) is 56.3 Å². The fraction of sp³-hybridized carbons (Fsp3) is 0.480. The molecule has 3 rings (SSSR count). The Morgan fingerprint density at radius 2 is 1.94 bits per heavy atom. The van der Waals surface area contributed by atoms with Gasteiger partial charge in [0.05, 0.1) is 17.7 Å². The number of tetrazole rings is 1. The van der Waals surface area contributed by atoms with Crippen molar-refractivity contribution in [2.75, 3.05) is 13.1 Å². The molecule has 0 spiro atoms. The van der Waals surface area contributed by atoms with Gasteiger partial charge >= 0.3 is 5.97 Å². The first-order chi connectivity index (χ1) is 16.5. The maximum absolute atomic E-state index is 11.9. The largest absolute Gasteiger partial charge is 0.481 e. The number of nitrogens with zero attached hydrogens (tertiary/aromatic N) is 4. The number of rotatable bonds is 14. The number of aromatic nitrogens is 5. The minimum Gasteiger partial charge on any atom is -0.481 e. The van der Waals surface area contributed by atoms with Gasteiger partial charge < -0.3 is 15.2 Å². The molecule has 182 valence electrons. The third-order valence-corrected chi connectivity index (χ3v) is 5.82. The number of pyridine rings is 1. The third-order valence-electron chi connectivity index (χ3n) is 5.82. The molecule has 2 aromatic heterocycles. The van der Waals surface area contributed by atoms with Gasteiger partial charge in [-0.1, -0.05) is 55.8 Å². The van der Waals surface area contributed by atoms with Crippen molar-refractivity contribution in [3.05, 3.63) is 53.9 Å². The summed E-state index contributed by atoms with van der Waals surface area (Å²) in [5.41, 5.74) is 2.80. The topological polar surface area (TPSA) is 126 Å². The van der Waals surface area contributed by atoms with Crippen LogP contribution in [-0.4, -0.2) is 55.9 Å². The SMILES string of the molecule is CCC[C@H](C(=O)O)[C@H](Cc1ccc(-c2cccc(OC(C)CCNCC)n2)cc1)c1nn[nH]n1. The molecular weight excluding hydrogens is 432 g/mol. The number of aromatic amines is 1. The van der Waals surface area contributed by atoms with Gasteiger partial charge in [-0.05, 0) is 50.9 Å². The van der Waals surface area contributed by atoms with Crippen LogP contribution in [0.15, 0.2) is 42.5 Å². The average molecular weight is 467 g/mol. The van der Waals surface area contributed by atoms with Crippen LogP contribution in [0.1, 0.15) is 57.3 Å². The van der Waals surface area contributed by atoms with Gasteiger partial charge in [-0.15, -0.1) is 10.2 Å².